The van der Waals surface area contributed by atoms with Gasteiger partial charge in [0.2, 0.25) is 5.91 Å². The Balaban J connectivity index is 2.24. The van der Waals surface area contributed by atoms with Crippen LogP contribution in [0.2, 0.25) is 0 Å². The molecule has 2 amide bonds. The molecule has 0 heterocycles. The topological polar surface area (TPSA) is 100 Å². The van der Waals surface area contributed by atoms with Crippen LogP contribution in [0.25, 0.3) is 6.08 Å². The van der Waals surface area contributed by atoms with E-state index in [2.05, 4.69) is 26.6 Å². The van der Waals surface area contributed by atoms with E-state index in [-0.39, 0.29) is 11.5 Å². The average Bonchev–Trinajstić information content (AvgIpc) is 2.67. The molecule has 2 N–H and O–H groups in total. The number of ether oxygens (including phenoxy) is 2. The molecule has 0 spiro atoms. The van der Waals surface area contributed by atoms with Gasteiger partial charge in [0.25, 0.3) is 5.91 Å². The molecular weight excluding hydrogens is 438 g/mol. The van der Waals surface area contributed by atoms with Gasteiger partial charge in [-0.1, -0.05) is 0 Å². The van der Waals surface area contributed by atoms with Gasteiger partial charge in [-0.3, -0.25) is 9.59 Å². The third kappa shape index (κ3) is 6.09. The summed E-state index contributed by atoms with van der Waals surface area (Å²) < 4.78 is 11.5. The number of nitrogens with zero attached hydrogens (tertiary/aromatic N) is 1. The molecule has 0 aliphatic heterocycles. The first-order valence-corrected chi connectivity index (χ1v) is 9.48. The van der Waals surface area contributed by atoms with E-state index in [9.17, 15) is 14.9 Å². The second kappa shape index (κ2) is 10.3. The van der Waals surface area contributed by atoms with Crippen LogP contribution in [0.15, 0.2) is 46.4 Å². The van der Waals surface area contributed by atoms with Crippen LogP contribution >= 0.6 is 15.9 Å². The molecule has 0 aliphatic rings. The summed E-state index contributed by atoms with van der Waals surface area (Å²) in [5.74, 6) is 0.298. The smallest absolute Gasteiger partial charge is 0.266 e. The summed E-state index contributed by atoms with van der Waals surface area (Å²) >= 11 is 3.41. The fourth-order valence-electron chi connectivity index (χ4n) is 2.49. The van der Waals surface area contributed by atoms with Crippen LogP contribution in [0.3, 0.4) is 0 Å². The standard InChI is InChI=1S/C21H20BrN3O4/c1-4-29-19-11-14(10-18(22)20(19)28-3)9-15(12-23)21(27)25-17-7-5-16(6-8-17)24-13(2)26/h5-11H,4H2,1-3H3,(H,24,26)(H,25,27)/b15-9+. The number of halogens is 1. The Morgan fingerprint density at radius 3 is 2.31 bits per heavy atom. The number of rotatable bonds is 7. The Labute approximate surface area is 177 Å². The van der Waals surface area contributed by atoms with Crippen molar-refractivity contribution in [2.75, 3.05) is 24.4 Å². The molecule has 2 aromatic rings. The summed E-state index contributed by atoms with van der Waals surface area (Å²) in [7, 11) is 1.53. The summed E-state index contributed by atoms with van der Waals surface area (Å²) in [4.78, 5) is 23.6. The highest BCUT2D eigenvalue weighted by molar-refractivity contribution is 9.10. The number of nitrogens with one attached hydrogen (secondary N) is 2. The van der Waals surface area contributed by atoms with Crippen molar-refractivity contribution in [2.45, 2.75) is 13.8 Å². The van der Waals surface area contributed by atoms with E-state index in [1.807, 2.05) is 13.0 Å². The zero-order chi connectivity index (χ0) is 21.4. The Kier molecular flexibility index (Phi) is 7.80. The molecule has 0 atom stereocenters. The molecule has 2 aromatic carbocycles. The maximum Gasteiger partial charge on any atom is 0.266 e. The largest absolute Gasteiger partial charge is 0.492 e. The Morgan fingerprint density at radius 1 is 1.17 bits per heavy atom. The molecule has 29 heavy (non-hydrogen) atoms. The van der Waals surface area contributed by atoms with Gasteiger partial charge in [-0.2, -0.15) is 5.26 Å². The molecule has 7 nitrogen and oxygen atoms in total. The third-order valence-electron chi connectivity index (χ3n) is 3.68. The lowest BCUT2D eigenvalue weighted by molar-refractivity contribution is -0.114. The number of carbonyl (C=O) groups is 2. The van der Waals surface area contributed by atoms with Crippen LogP contribution in [0.1, 0.15) is 19.4 Å². The molecule has 0 saturated heterocycles. The molecular formula is C21H20BrN3O4. The van der Waals surface area contributed by atoms with Gasteiger partial charge in [-0.15, -0.1) is 0 Å². The van der Waals surface area contributed by atoms with Gasteiger partial charge in [0.05, 0.1) is 18.2 Å². The minimum Gasteiger partial charge on any atom is -0.492 e. The first-order valence-electron chi connectivity index (χ1n) is 8.69. The second-order valence-corrected chi connectivity index (χ2v) is 6.70. The highest BCUT2D eigenvalue weighted by Gasteiger charge is 2.14. The third-order valence-corrected chi connectivity index (χ3v) is 4.26. The molecule has 0 bridgehead atoms. The zero-order valence-corrected chi connectivity index (χ0v) is 17.8. The van der Waals surface area contributed by atoms with Crippen molar-refractivity contribution in [1.29, 1.82) is 5.26 Å². The summed E-state index contributed by atoms with van der Waals surface area (Å²) in [6, 6.07) is 11.9. The SMILES string of the molecule is CCOc1cc(/C=C(\C#N)C(=O)Nc2ccc(NC(C)=O)cc2)cc(Br)c1OC. The van der Waals surface area contributed by atoms with Crippen molar-refractivity contribution in [1.82, 2.24) is 0 Å². The van der Waals surface area contributed by atoms with Crippen molar-refractivity contribution in [3.05, 3.63) is 52.0 Å². The fraction of sp³-hybridized carbons (Fsp3) is 0.190. The lowest BCUT2D eigenvalue weighted by atomic mass is 10.1. The van der Waals surface area contributed by atoms with Gasteiger partial charge in [0.1, 0.15) is 11.6 Å². The fourth-order valence-corrected chi connectivity index (χ4v) is 3.11. The van der Waals surface area contributed by atoms with Crippen molar-refractivity contribution in [2.24, 2.45) is 0 Å². The van der Waals surface area contributed by atoms with E-state index < -0.39 is 5.91 Å². The monoisotopic (exact) mass is 457 g/mol. The lowest BCUT2D eigenvalue weighted by Gasteiger charge is -2.12. The van der Waals surface area contributed by atoms with E-state index in [0.717, 1.165) is 0 Å². The number of hydrogen-bond donors (Lipinski definition) is 2. The number of benzene rings is 2. The van der Waals surface area contributed by atoms with Crippen molar-refractivity contribution < 1.29 is 19.1 Å². The van der Waals surface area contributed by atoms with Crippen LogP contribution in [0.5, 0.6) is 11.5 Å². The molecule has 0 radical (unpaired) electrons. The predicted octanol–water partition coefficient (Wildman–Crippen LogP) is 4.36. The van der Waals surface area contributed by atoms with Crippen molar-refractivity contribution in [3.8, 4) is 17.6 Å². The molecule has 150 valence electrons. The molecule has 0 saturated carbocycles. The van der Waals surface area contributed by atoms with Crippen molar-refractivity contribution >= 4 is 45.2 Å². The van der Waals surface area contributed by atoms with Crippen LogP contribution in [-0.2, 0) is 9.59 Å². The molecule has 0 aliphatic carbocycles. The number of methoxy groups -OCH3 is 1. The average molecular weight is 458 g/mol. The van der Waals surface area contributed by atoms with Gasteiger partial charge < -0.3 is 20.1 Å². The summed E-state index contributed by atoms with van der Waals surface area (Å²) in [5.41, 5.74) is 1.64. The van der Waals surface area contributed by atoms with Crippen LogP contribution in [0, 0.1) is 11.3 Å². The first-order chi connectivity index (χ1) is 13.9. The lowest BCUT2D eigenvalue weighted by Crippen LogP contribution is -2.13. The highest BCUT2D eigenvalue weighted by atomic mass is 79.9. The van der Waals surface area contributed by atoms with Gasteiger partial charge in [-0.25, -0.2) is 0 Å². The van der Waals surface area contributed by atoms with E-state index in [1.165, 1.54) is 20.1 Å². The Morgan fingerprint density at radius 2 is 1.79 bits per heavy atom. The maximum absolute atomic E-state index is 12.5. The molecule has 2 rings (SSSR count). The number of nitriles is 1. The van der Waals surface area contributed by atoms with Crippen LogP contribution in [0.4, 0.5) is 11.4 Å². The van der Waals surface area contributed by atoms with Gasteiger partial charge in [0.15, 0.2) is 11.5 Å². The molecule has 0 fully saturated rings. The summed E-state index contributed by atoms with van der Waals surface area (Å²) in [6.45, 7) is 3.70. The summed E-state index contributed by atoms with van der Waals surface area (Å²) in [6.07, 6.45) is 1.47. The quantitative estimate of drug-likeness (QED) is 0.475. The molecule has 0 unspecified atom stereocenters. The van der Waals surface area contributed by atoms with Gasteiger partial charge in [0, 0.05) is 18.3 Å². The minimum atomic E-state index is -0.551. The van der Waals surface area contributed by atoms with E-state index >= 15 is 0 Å². The maximum atomic E-state index is 12.5. The zero-order valence-electron chi connectivity index (χ0n) is 16.2. The van der Waals surface area contributed by atoms with Crippen LogP contribution in [-0.4, -0.2) is 25.5 Å². The van der Waals surface area contributed by atoms with E-state index in [1.54, 1.807) is 36.4 Å². The summed E-state index contributed by atoms with van der Waals surface area (Å²) in [5, 5.41) is 14.7. The number of anilines is 2. The number of carbonyl (C=O) groups excluding carboxylic acids is 2. The highest BCUT2D eigenvalue weighted by Crippen LogP contribution is 2.37. The Hall–Kier alpha value is -3.31. The number of hydrogen-bond acceptors (Lipinski definition) is 5. The van der Waals surface area contributed by atoms with Crippen molar-refractivity contribution in [3.63, 3.8) is 0 Å². The van der Waals surface area contributed by atoms with Crippen LogP contribution < -0.4 is 20.1 Å². The first kappa shape index (κ1) is 22.0. The Bertz CT molecular complexity index is 979. The van der Waals surface area contributed by atoms with Gasteiger partial charge in [-0.05, 0) is 70.9 Å². The molecule has 8 heteroatoms. The van der Waals surface area contributed by atoms with E-state index in [0.29, 0.717) is 39.5 Å². The normalized spacial score (nSPS) is 10.7. The predicted molar refractivity (Wildman–Crippen MR) is 115 cm³/mol. The number of amides is 2. The minimum absolute atomic E-state index is 0.0737. The van der Waals surface area contributed by atoms with E-state index in [4.69, 9.17) is 9.47 Å². The molecule has 0 aromatic heterocycles. The van der Waals surface area contributed by atoms with Gasteiger partial charge >= 0.3 is 0 Å². The second-order valence-electron chi connectivity index (χ2n) is 5.85.